The number of ketones is 1. The lowest BCUT2D eigenvalue weighted by atomic mass is 10.1. The number of carbonyl (C=O) groups excluding carboxylic acids is 2. The topological polar surface area (TPSA) is 103 Å². The lowest BCUT2D eigenvalue weighted by molar-refractivity contribution is -0.115. The minimum absolute atomic E-state index is 0.146. The van der Waals surface area contributed by atoms with E-state index >= 15 is 0 Å². The van der Waals surface area contributed by atoms with Crippen molar-refractivity contribution in [3.63, 3.8) is 0 Å². The smallest absolute Gasteiger partial charge is 0.237 e. The summed E-state index contributed by atoms with van der Waals surface area (Å²) in [5.74, 6) is 5.22. The van der Waals surface area contributed by atoms with Crippen LogP contribution >= 0.6 is 11.8 Å². The van der Waals surface area contributed by atoms with E-state index in [1.54, 1.807) is 49.4 Å². The average molecular weight is 399 g/mol. The number of aromatic nitrogens is 3. The van der Waals surface area contributed by atoms with Gasteiger partial charge in [-0.1, -0.05) is 36.0 Å². The first kappa shape index (κ1) is 19.6. The molecule has 0 spiro atoms. The van der Waals surface area contributed by atoms with Crippen LogP contribution in [0.5, 0.6) is 0 Å². The van der Waals surface area contributed by atoms with Gasteiger partial charge in [-0.2, -0.15) is 0 Å². The number of hydrogen-bond donors (Lipinski definition) is 2. The highest BCUT2D eigenvalue weighted by Crippen LogP contribution is 2.27. The molecule has 0 saturated carbocycles. The van der Waals surface area contributed by atoms with Crippen molar-refractivity contribution in [3.8, 4) is 11.4 Å². The number of nitrogens with two attached hydrogens (primary N) is 1. The second-order valence-corrected chi connectivity index (χ2v) is 7.32. The van der Waals surface area contributed by atoms with E-state index in [2.05, 4.69) is 15.5 Å². The minimum Gasteiger partial charge on any atom is -0.335 e. The van der Waals surface area contributed by atoms with Gasteiger partial charge in [0.1, 0.15) is 5.82 Å². The molecular formula is C19H18FN5O2S. The molecule has 2 aromatic carbocycles. The quantitative estimate of drug-likeness (QED) is 0.375. The Morgan fingerprint density at radius 3 is 2.54 bits per heavy atom. The van der Waals surface area contributed by atoms with Crippen LogP contribution in [-0.2, 0) is 4.79 Å². The van der Waals surface area contributed by atoms with Crippen molar-refractivity contribution in [2.75, 3.05) is 11.2 Å². The van der Waals surface area contributed by atoms with Gasteiger partial charge in [0.05, 0.1) is 16.5 Å². The van der Waals surface area contributed by atoms with E-state index in [4.69, 9.17) is 5.84 Å². The van der Waals surface area contributed by atoms with Crippen molar-refractivity contribution in [1.29, 1.82) is 0 Å². The van der Waals surface area contributed by atoms with E-state index in [1.807, 2.05) is 0 Å². The number of nitrogens with zero attached hydrogens (tertiary/aromatic N) is 3. The maximum absolute atomic E-state index is 14.0. The third-order valence-corrected chi connectivity index (χ3v) is 5.05. The van der Waals surface area contributed by atoms with Crippen molar-refractivity contribution in [2.45, 2.75) is 24.3 Å². The van der Waals surface area contributed by atoms with Crippen molar-refractivity contribution in [3.05, 3.63) is 59.9 Å². The van der Waals surface area contributed by atoms with Crippen molar-refractivity contribution >= 4 is 29.1 Å². The number of hydrogen-bond acceptors (Lipinski definition) is 6. The van der Waals surface area contributed by atoms with Crippen molar-refractivity contribution < 1.29 is 14.0 Å². The highest BCUT2D eigenvalue weighted by Gasteiger charge is 2.22. The van der Waals surface area contributed by atoms with Crippen LogP contribution in [-0.4, -0.2) is 31.8 Å². The van der Waals surface area contributed by atoms with Gasteiger partial charge in [-0.05, 0) is 38.1 Å². The maximum Gasteiger partial charge on any atom is 0.237 e. The number of halogens is 1. The predicted octanol–water partition coefficient (Wildman–Crippen LogP) is 3.12. The normalized spacial score (nSPS) is 11.8. The number of rotatable bonds is 6. The van der Waals surface area contributed by atoms with Crippen LogP contribution in [0.25, 0.3) is 11.4 Å². The number of para-hydroxylation sites is 1. The molecule has 0 radical (unpaired) electrons. The van der Waals surface area contributed by atoms with Crippen LogP contribution in [0.4, 0.5) is 10.1 Å². The molecule has 3 rings (SSSR count). The summed E-state index contributed by atoms with van der Waals surface area (Å²) in [5, 5.41) is 10.3. The van der Waals surface area contributed by atoms with Gasteiger partial charge in [0, 0.05) is 5.56 Å². The van der Waals surface area contributed by atoms with Gasteiger partial charge >= 0.3 is 0 Å². The van der Waals surface area contributed by atoms with E-state index in [0.717, 1.165) is 16.4 Å². The Hall–Kier alpha value is -3.20. The highest BCUT2D eigenvalue weighted by molar-refractivity contribution is 8.00. The molecule has 0 aliphatic heterocycles. The number of thioether (sulfide) groups is 1. The number of nitrogens with one attached hydrogen (secondary N) is 1. The standard InChI is InChI=1S/C19H18FN5O2S/c1-11(26)13-7-4-6-10-16(13)22-18(27)12(2)28-19-24-23-17(25(19)21)14-8-3-5-9-15(14)20/h3-10,12H,21H2,1-2H3,(H,22,27)/t12-/m0/s1. The van der Waals surface area contributed by atoms with Gasteiger partial charge in [0.15, 0.2) is 11.6 Å². The SMILES string of the molecule is CC(=O)c1ccccc1NC(=O)[C@H](C)Sc1nnc(-c2ccccc2F)n1N. The molecule has 28 heavy (non-hydrogen) atoms. The molecular weight excluding hydrogens is 381 g/mol. The molecule has 0 unspecified atom stereocenters. The molecule has 3 N–H and O–H groups in total. The minimum atomic E-state index is -0.583. The maximum atomic E-state index is 14.0. The molecule has 0 bridgehead atoms. The summed E-state index contributed by atoms with van der Waals surface area (Å²) >= 11 is 1.08. The Bertz CT molecular complexity index is 1040. The van der Waals surface area contributed by atoms with Crippen LogP contribution in [0.15, 0.2) is 53.7 Å². The fourth-order valence-corrected chi connectivity index (χ4v) is 3.30. The predicted molar refractivity (Wildman–Crippen MR) is 106 cm³/mol. The Morgan fingerprint density at radius 2 is 1.82 bits per heavy atom. The molecule has 1 atom stereocenters. The summed E-state index contributed by atoms with van der Waals surface area (Å²) in [6, 6.07) is 12.9. The molecule has 0 aliphatic carbocycles. The molecule has 0 saturated heterocycles. The van der Waals surface area contributed by atoms with E-state index in [-0.39, 0.29) is 28.2 Å². The van der Waals surface area contributed by atoms with Crippen LogP contribution in [0.3, 0.4) is 0 Å². The van der Waals surface area contributed by atoms with Crippen molar-refractivity contribution in [2.24, 2.45) is 0 Å². The van der Waals surface area contributed by atoms with E-state index in [1.165, 1.54) is 13.0 Å². The number of amides is 1. The summed E-state index contributed by atoms with van der Waals surface area (Å²) in [7, 11) is 0. The number of carbonyl (C=O) groups is 2. The third kappa shape index (κ3) is 4.04. The van der Waals surface area contributed by atoms with E-state index < -0.39 is 11.1 Å². The second kappa shape index (κ2) is 8.22. The second-order valence-electron chi connectivity index (χ2n) is 6.01. The zero-order valence-corrected chi connectivity index (χ0v) is 16.0. The van der Waals surface area contributed by atoms with Gasteiger partial charge in [0.25, 0.3) is 0 Å². The molecule has 3 aromatic rings. The Balaban J connectivity index is 1.75. The number of benzene rings is 2. The molecule has 144 valence electrons. The fraction of sp³-hybridized carbons (Fsp3) is 0.158. The highest BCUT2D eigenvalue weighted by atomic mass is 32.2. The van der Waals surface area contributed by atoms with Gasteiger partial charge in [-0.15, -0.1) is 10.2 Å². The van der Waals surface area contributed by atoms with E-state index in [0.29, 0.717) is 11.3 Å². The van der Waals surface area contributed by atoms with Gasteiger partial charge in [-0.25, -0.2) is 9.07 Å². The molecule has 1 amide bonds. The summed E-state index contributed by atoms with van der Waals surface area (Å²) in [6.45, 7) is 3.11. The first-order valence-electron chi connectivity index (χ1n) is 8.41. The van der Waals surface area contributed by atoms with Crippen LogP contribution < -0.4 is 11.2 Å². The summed E-state index contributed by atoms with van der Waals surface area (Å²) in [6.07, 6.45) is 0. The van der Waals surface area contributed by atoms with Gasteiger partial charge in [0.2, 0.25) is 11.1 Å². The Morgan fingerprint density at radius 1 is 1.14 bits per heavy atom. The number of nitrogen functional groups attached to an aromatic ring is 1. The van der Waals surface area contributed by atoms with E-state index in [9.17, 15) is 14.0 Å². The Kier molecular flexibility index (Phi) is 5.74. The molecule has 0 fully saturated rings. The number of anilines is 1. The molecule has 7 nitrogen and oxygen atoms in total. The first-order valence-corrected chi connectivity index (χ1v) is 9.29. The first-order chi connectivity index (χ1) is 13.4. The monoisotopic (exact) mass is 399 g/mol. The molecule has 1 heterocycles. The summed E-state index contributed by atoms with van der Waals surface area (Å²) < 4.78 is 15.1. The molecule has 9 heteroatoms. The van der Waals surface area contributed by atoms with Crippen molar-refractivity contribution in [1.82, 2.24) is 14.9 Å². The average Bonchev–Trinajstić information content (AvgIpc) is 3.02. The summed E-state index contributed by atoms with van der Waals surface area (Å²) in [5.41, 5.74) is 1.09. The van der Waals surface area contributed by atoms with Crippen LogP contribution in [0, 0.1) is 5.82 Å². The molecule has 0 aliphatic rings. The zero-order chi connectivity index (χ0) is 20.3. The lowest BCUT2D eigenvalue weighted by Gasteiger charge is -2.13. The van der Waals surface area contributed by atoms with Gasteiger partial charge in [-0.3, -0.25) is 9.59 Å². The van der Waals surface area contributed by atoms with Gasteiger partial charge < -0.3 is 11.2 Å². The summed E-state index contributed by atoms with van der Waals surface area (Å²) in [4.78, 5) is 24.2. The zero-order valence-electron chi connectivity index (χ0n) is 15.2. The largest absolute Gasteiger partial charge is 0.335 e. The number of Topliss-reactive ketones (excluding diaryl/α,β-unsaturated/α-hetero) is 1. The fourth-order valence-electron chi connectivity index (χ4n) is 2.53. The molecule has 1 aromatic heterocycles. The van der Waals surface area contributed by atoms with Crippen LogP contribution in [0.1, 0.15) is 24.2 Å². The third-order valence-electron chi connectivity index (χ3n) is 3.99. The lowest BCUT2D eigenvalue weighted by Crippen LogP contribution is -2.24. The van der Waals surface area contributed by atoms with Crippen LogP contribution in [0.2, 0.25) is 0 Å². The Labute approximate surface area is 165 Å².